The molecule has 0 aromatic heterocycles. The van der Waals surface area contributed by atoms with Crippen LogP contribution in [-0.4, -0.2) is 37.6 Å². The molecule has 0 spiro atoms. The molecule has 0 aliphatic heterocycles. The number of hydrogen-bond donors (Lipinski definition) is 1. The molecule has 0 aliphatic rings. The Morgan fingerprint density at radius 3 is 2.38 bits per heavy atom. The SMILES string of the molecule is COc1ccccc1CC(=O)N(CCN)CCc1ccccc1.Cl. The first kappa shape index (κ1) is 20.0. The summed E-state index contributed by atoms with van der Waals surface area (Å²) in [5.74, 6) is 0.826. The molecule has 0 heterocycles. The van der Waals surface area contributed by atoms with Crippen LogP contribution in [0, 0.1) is 0 Å². The molecule has 0 saturated heterocycles. The van der Waals surface area contributed by atoms with Crippen molar-refractivity contribution in [2.75, 3.05) is 26.7 Å². The van der Waals surface area contributed by atoms with Gasteiger partial charge in [-0.15, -0.1) is 12.4 Å². The lowest BCUT2D eigenvalue weighted by atomic mass is 10.1. The van der Waals surface area contributed by atoms with Gasteiger partial charge in [-0.3, -0.25) is 4.79 Å². The monoisotopic (exact) mass is 348 g/mol. The van der Waals surface area contributed by atoms with Gasteiger partial charge >= 0.3 is 0 Å². The number of nitrogens with zero attached hydrogens (tertiary/aromatic N) is 1. The van der Waals surface area contributed by atoms with Crippen molar-refractivity contribution in [2.45, 2.75) is 12.8 Å². The summed E-state index contributed by atoms with van der Waals surface area (Å²) in [6.45, 7) is 1.71. The van der Waals surface area contributed by atoms with Crippen molar-refractivity contribution in [3.63, 3.8) is 0 Å². The molecular formula is C19H25ClN2O2. The van der Waals surface area contributed by atoms with Crippen LogP contribution in [0.25, 0.3) is 0 Å². The van der Waals surface area contributed by atoms with Gasteiger partial charge < -0.3 is 15.4 Å². The Bertz CT molecular complexity index is 620. The maximum absolute atomic E-state index is 12.6. The van der Waals surface area contributed by atoms with E-state index in [-0.39, 0.29) is 18.3 Å². The smallest absolute Gasteiger partial charge is 0.227 e. The van der Waals surface area contributed by atoms with Crippen molar-refractivity contribution in [1.82, 2.24) is 4.90 Å². The van der Waals surface area contributed by atoms with E-state index in [0.29, 0.717) is 26.1 Å². The fourth-order valence-electron chi connectivity index (χ4n) is 2.55. The van der Waals surface area contributed by atoms with E-state index in [4.69, 9.17) is 10.5 Å². The Morgan fingerprint density at radius 2 is 1.71 bits per heavy atom. The number of carbonyl (C=O) groups excluding carboxylic acids is 1. The summed E-state index contributed by atoms with van der Waals surface area (Å²) in [5, 5.41) is 0. The molecule has 0 radical (unpaired) electrons. The summed E-state index contributed by atoms with van der Waals surface area (Å²) in [6, 6.07) is 17.8. The zero-order valence-electron chi connectivity index (χ0n) is 14.0. The molecule has 0 bridgehead atoms. The number of hydrogen-bond acceptors (Lipinski definition) is 3. The number of benzene rings is 2. The van der Waals surface area contributed by atoms with Crippen molar-refractivity contribution in [2.24, 2.45) is 5.73 Å². The largest absolute Gasteiger partial charge is 0.496 e. The summed E-state index contributed by atoms with van der Waals surface area (Å²) in [7, 11) is 1.62. The third-order valence-corrected chi connectivity index (χ3v) is 3.80. The van der Waals surface area contributed by atoms with Crippen molar-refractivity contribution < 1.29 is 9.53 Å². The Hall–Kier alpha value is -2.04. The molecule has 0 atom stereocenters. The molecule has 2 aromatic carbocycles. The van der Waals surface area contributed by atoms with Crippen LogP contribution in [0.3, 0.4) is 0 Å². The van der Waals surface area contributed by atoms with Gasteiger partial charge in [0, 0.05) is 25.2 Å². The molecule has 130 valence electrons. The molecular weight excluding hydrogens is 324 g/mol. The van der Waals surface area contributed by atoms with Crippen molar-refractivity contribution >= 4 is 18.3 Å². The number of para-hydroxylation sites is 1. The molecule has 1 amide bonds. The van der Waals surface area contributed by atoms with Crippen LogP contribution < -0.4 is 10.5 Å². The summed E-state index contributed by atoms with van der Waals surface area (Å²) in [5.41, 5.74) is 7.79. The summed E-state index contributed by atoms with van der Waals surface area (Å²) in [6.07, 6.45) is 1.16. The van der Waals surface area contributed by atoms with Gasteiger partial charge in [0.2, 0.25) is 5.91 Å². The van der Waals surface area contributed by atoms with E-state index < -0.39 is 0 Å². The average Bonchev–Trinajstić information content (AvgIpc) is 2.60. The molecule has 5 heteroatoms. The predicted octanol–water partition coefficient (Wildman–Crippen LogP) is 2.69. The van der Waals surface area contributed by atoms with E-state index in [1.807, 2.05) is 47.4 Å². The minimum Gasteiger partial charge on any atom is -0.496 e. The van der Waals surface area contributed by atoms with Crippen LogP contribution >= 0.6 is 12.4 Å². The normalized spacial score (nSPS) is 9.92. The molecule has 2 rings (SSSR count). The minimum atomic E-state index is 0. The molecule has 2 N–H and O–H groups in total. The number of rotatable bonds is 8. The third kappa shape index (κ3) is 5.87. The minimum absolute atomic E-state index is 0. The fraction of sp³-hybridized carbons (Fsp3) is 0.316. The van der Waals surface area contributed by atoms with E-state index in [1.54, 1.807) is 7.11 Å². The van der Waals surface area contributed by atoms with E-state index >= 15 is 0 Å². The van der Waals surface area contributed by atoms with Crippen molar-refractivity contribution in [3.8, 4) is 5.75 Å². The van der Waals surface area contributed by atoms with Gasteiger partial charge in [0.1, 0.15) is 5.75 Å². The van der Waals surface area contributed by atoms with E-state index in [0.717, 1.165) is 17.7 Å². The second-order valence-corrected chi connectivity index (χ2v) is 5.39. The highest BCUT2D eigenvalue weighted by Crippen LogP contribution is 2.18. The lowest BCUT2D eigenvalue weighted by molar-refractivity contribution is -0.130. The van der Waals surface area contributed by atoms with Gasteiger partial charge in [-0.25, -0.2) is 0 Å². The van der Waals surface area contributed by atoms with Crippen molar-refractivity contribution in [1.29, 1.82) is 0 Å². The highest BCUT2D eigenvalue weighted by atomic mass is 35.5. The van der Waals surface area contributed by atoms with E-state index in [1.165, 1.54) is 5.56 Å². The summed E-state index contributed by atoms with van der Waals surface area (Å²) < 4.78 is 5.32. The number of carbonyl (C=O) groups is 1. The Morgan fingerprint density at radius 1 is 1.04 bits per heavy atom. The van der Waals surface area contributed by atoms with Gasteiger partial charge in [-0.05, 0) is 18.1 Å². The van der Waals surface area contributed by atoms with Crippen molar-refractivity contribution in [3.05, 3.63) is 65.7 Å². The molecule has 0 aliphatic carbocycles. The lowest BCUT2D eigenvalue weighted by Gasteiger charge is -2.22. The van der Waals surface area contributed by atoms with Gasteiger partial charge in [-0.1, -0.05) is 48.5 Å². The molecule has 0 unspecified atom stereocenters. The van der Waals surface area contributed by atoms with Gasteiger partial charge in [0.25, 0.3) is 0 Å². The number of nitrogens with two attached hydrogens (primary N) is 1. The molecule has 0 fully saturated rings. The quantitative estimate of drug-likeness (QED) is 0.798. The van der Waals surface area contributed by atoms with Crippen LogP contribution in [0.5, 0.6) is 5.75 Å². The Labute approximate surface area is 150 Å². The topological polar surface area (TPSA) is 55.6 Å². The summed E-state index contributed by atoms with van der Waals surface area (Å²) in [4.78, 5) is 14.4. The standard InChI is InChI=1S/C19H24N2O2.ClH/c1-23-18-10-6-5-9-17(18)15-19(22)21(14-12-20)13-11-16-7-3-2-4-8-16;/h2-10H,11-15,20H2,1H3;1H. The van der Waals surface area contributed by atoms with Crippen LogP contribution in [-0.2, 0) is 17.6 Å². The van der Waals surface area contributed by atoms with Crippen LogP contribution in [0.2, 0.25) is 0 Å². The fourth-order valence-corrected chi connectivity index (χ4v) is 2.55. The number of methoxy groups -OCH3 is 1. The molecule has 24 heavy (non-hydrogen) atoms. The first-order valence-corrected chi connectivity index (χ1v) is 7.88. The zero-order chi connectivity index (χ0) is 16.5. The second-order valence-electron chi connectivity index (χ2n) is 5.39. The molecule has 2 aromatic rings. The number of halogens is 1. The zero-order valence-corrected chi connectivity index (χ0v) is 14.8. The Balaban J connectivity index is 0.00000288. The van der Waals surface area contributed by atoms with Crippen LogP contribution in [0.15, 0.2) is 54.6 Å². The first-order chi connectivity index (χ1) is 11.2. The maximum atomic E-state index is 12.6. The maximum Gasteiger partial charge on any atom is 0.227 e. The van der Waals surface area contributed by atoms with Crippen LogP contribution in [0.1, 0.15) is 11.1 Å². The van der Waals surface area contributed by atoms with E-state index in [2.05, 4.69) is 12.1 Å². The van der Waals surface area contributed by atoms with Crippen LogP contribution in [0.4, 0.5) is 0 Å². The number of amides is 1. The predicted molar refractivity (Wildman–Crippen MR) is 99.7 cm³/mol. The van der Waals surface area contributed by atoms with Gasteiger partial charge in [0.15, 0.2) is 0 Å². The third-order valence-electron chi connectivity index (χ3n) is 3.80. The Kier molecular flexibility index (Phi) is 8.90. The molecule has 0 saturated carbocycles. The van der Waals surface area contributed by atoms with Gasteiger partial charge in [-0.2, -0.15) is 0 Å². The second kappa shape index (κ2) is 10.7. The lowest BCUT2D eigenvalue weighted by Crippen LogP contribution is -2.37. The van der Waals surface area contributed by atoms with Gasteiger partial charge in [0.05, 0.1) is 13.5 Å². The first-order valence-electron chi connectivity index (χ1n) is 7.88. The highest BCUT2D eigenvalue weighted by molar-refractivity contribution is 5.85. The summed E-state index contributed by atoms with van der Waals surface area (Å²) >= 11 is 0. The average molecular weight is 349 g/mol. The van der Waals surface area contributed by atoms with E-state index in [9.17, 15) is 4.79 Å². The molecule has 4 nitrogen and oxygen atoms in total. The highest BCUT2D eigenvalue weighted by Gasteiger charge is 2.15. The number of ether oxygens (including phenoxy) is 1.